The first-order valence-corrected chi connectivity index (χ1v) is 13.2. The van der Waals surface area contributed by atoms with E-state index in [9.17, 15) is 38.1 Å². The van der Waals surface area contributed by atoms with Gasteiger partial charge in [0.15, 0.2) is 0 Å². The molecule has 2 rings (SSSR count). The Bertz CT molecular complexity index is 1080. The predicted molar refractivity (Wildman–Crippen MR) is 138 cm³/mol. The van der Waals surface area contributed by atoms with Gasteiger partial charge in [0.05, 0.1) is 36.3 Å². The number of carbonyl (C=O) groups excluding carboxylic acids is 2. The van der Waals surface area contributed by atoms with Crippen molar-refractivity contribution in [2.45, 2.75) is 85.0 Å². The number of aliphatic hydroxyl groups is 3. The van der Waals surface area contributed by atoms with Crippen molar-refractivity contribution in [3.63, 3.8) is 0 Å². The lowest BCUT2D eigenvalue weighted by Crippen LogP contribution is -2.45. The topological polar surface area (TPSA) is 117 Å². The van der Waals surface area contributed by atoms with Crippen LogP contribution in [0.15, 0.2) is 34.8 Å². The molecule has 3 N–H and O–H groups in total. The van der Waals surface area contributed by atoms with Crippen LogP contribution in [-0.4, -0.2) is 56.5 Å². The Kier molecular flexibility index (Phi) is 11.0. The number of nitrogens with zero attached hydrogens (tertiary/aromatic N) is 1. The van der Waals surface area contributed by atoms with Gasteiger partial charge >= 0.3 is 12.1 Å². The lowest BCUT2D eigenvalue weighted by atomic mass is 9.73. The molecule has 1 aromatic rings. The number of halogens is 3. The van der Waals surface area contributed by atoms with Gasteiger partial charge in [0.1, 0.15) is 16.9 Å². The first-order valence-electron chi connectivity index (χ1n) is 12.3. The maximum atomic E-state index is 13.8. The van der Waals surface area contributed by atoms with E-state index in [1.165, 1.54) is 44.3 Å². The van der Waals surface area contributed by atoms with Crippen molar-refractivity contribution < 1.29 is 42.8 Å². The summed E-state index contributed by atoms with van der Waals surface area (Å²) in [6.45, 7) is 7.35. The van der Waals surface area contributed by atoms with Gasteiger partial charge in [0.25, 0.3) is 0 Å². The predicted octanol–water partition coefficient (Wildman–Crippen LogP) is 4.77. The molecular formula is C27H36F3NO6S. The minimum Gasteiger partial charge on any atom is -0.457 e. The van der Waals surface area contributed by atoms with Gasteiger partial charge in [-0.05, 0) is 25.0 Å². The van der Waals surface area contributed by atoms with Gasteiger partial charge < -0.3 is 20.1 Å². The second kappa shape index (κ2) is 13.1. The zero-order chi connectivity index (χ0) is 28.8. The monoisotopic (exact) mass is 559 g/mol. The Hall–Kier alpha value is -2.34. The maximum absolute atomic E-state index is 13.8. The lowest BCUT2D eigenvalue weighted by molar-refractivity contribution is -0.154. The normalized spacial score (nSPS) is 28.7. The highest BCUT2D eigenvalue weighted by molar-refractivity contribution is 7.09. The van der Waals surface area contributed by atoms with E-state index in [4.69, 9.17) is 4.74 Å². The number of hydrogen-bond donors (Lipinski definition) is 3. The Morgan fingerprint density at radius 3 is 2.50 bits per heavy atom. The number of aromatic nitrogens is 1. The van der Waals surface area contributed by atoms with Gasteiger partial charge in [0.2, 0.25) is 0 Å². The number of carbonyl (C=O) groups is 2. The molecule has 0 aromatic carbocycles. The number of allylic oxidation sites excluding steroid dienone is 2. The molecule has 0 fully saturated rings. The molecule has 212 valence electrons. The van der Waals surface area contributed by atoms with Crippen LogP contribution in [-0.2, 0) is 20.9 Å². The third-order valence-corrected chi connectivity index (χ3v) is 7.73. The summed E-state index contributed by atoms with van der Waals surface area (Å²) in [6, 6.07) is 0. The van der Waals surface area contributed by atoms with Gasteiger partial charge in [-0.1, -0.05) is 45.9 Å². The van der Waals surface area contributed by atoms with Crippen LogP contribution in [0.2, 0.25) is 0 Å². The van der Waals surface area contributed by atoms with E-state index in [2.05, 4.69) is 4.98 Å². The van der Waals surface area contributed by atoms with Gasteiger partial charge in [0, 0.05) is 29.2 Å². The summed E-state index contributed by atoms with van der Waals surface area (Å²) in [4.78, 5) is 30.1. The number of alkyl halides is 3. The zero-order valence-corrected chi connectivity index (χ0v) is 23.0. The van der Waals surface area contributed by atoms with E-state index in [0.717, 1.165) is 6.08 Å². The molecule has 2 heterocycles. The van der Waals surface area contributed by atoms with E-state index in [1.807, 2.05) is 0 Å². The zero-order valence-electron chi connectivity index (χ0n) is 22.2. The number of rotatable bonds is 3. The van der Waals surface area contributed by atoms with Gasteiger partial charge in [-0.3, -0.25) is 9.59 Å². The molecule has 1 aliphatic heterocycles. The molecule has 5 atom stereocenters. The minimum absolute atomic E-state index is 0.262. The SMILES string of the molecule is CC(=Cc1csc(CO)n1)[C@@H]1CC=C(C(F)(F)F)CC=C[C@H](C)[C@H](O)[C@@H](C)C(=O)C(C)(C)[C@@H](O)CC(=O)O1. The fraction of sp³-hybridized carbons (Fsp3) is 0.593. The first kappa shape index (κ1) is 31.9. The Balaban J connectivity index is 2.50. The molecule has 1 aromatic heterocycles. The molecule has 0 saturated carbocycles. The molecule has 0 spiro atoms. The number of ether oxygens (including phenoxy) is 1. The van der Waals surface area contributed by atoms with Crippen LogP contribution in [0.1, 0.15) is 64.6 Å². The summed E-state index contributed by atoms with van der Waals surface area (Å²) in [5, 5.41) is 32.8. The highest BCUT2D eigenvalue weighted by Crippen LogP contribution is 2.33. The fourth-order valence-electron chi connectivity index (χ4n) is 4.19. The number of esters is 1. The van der Waals surface area contributed by atoms with Crippen LogP contribution in [0.4, 0.5) is 13.2 Å². The standard InChI is InChI=1S/C27H36F3NO6S/c1-15-7-6-8-18(27(28,29)30)9-10-20(16(2)11-19-14-38-22(13-32)31-19)37-23(34)12-21(33)26(4,5)25(36)17(3)24(15)35/h6-7,9,11,14-15,17,20-21,24,32-33,35H,8,10,12-13H2,1-5H3/t15-,17+,20-,21-,24-/m0/s1. The lowest BCUT2D eigenvalue weighted by Gasteiger charge is -2.34. The van der Waals surface area contributed by atoms with E-state index in [-0.39, 0.29) is 13.0 Å². The van der Waals surface area contributed by atoms with Gasteiger partial charge in [-0.15, -0.1) is 11.3 Å². The molecule has 0 saturated heterocycles. The van der Waals surface area contributed by atoms with Gasteiger partial charge in [-0.25, -0.2) is 4.98 Å². The molecule has 0 amide bonds. The molecule has 1 aliphatic rings. The van der Waals surface area contributed by atoms with Crippen molar-refractivity contribution in [3.05, 3.63) is 45.5 Å². The highest BCUT2D eigenvalue weighted by Gasteiger charge is 2.42. The Morgan fingerprint density at radius 2 is 1.92 bits per heavy atom. The smallest absolute Gasteiger partial charge is 0.412 e. The Labute approximate surface area is 224 Å². The van der Waals surface area contributed by atoms with Crippen molar-refractivity contribution >= 4 is 29.2 Å². The molecule has 0 bridgehead atoms. The summed E-state index contributed by atoms with van der Waals surface area (Å²) in [7, 11) is 0. The number of Topliss-reactive ketones (excluding diaryl/α,β-unsaturated/α-hetero) is 1. The number of thiazole rings is 1. The third kappa shape index (κ3) is 8.33. The van der Waals surface area contributed by atoms with Crippen LogP contribution in [0.25, 0.3) is 6.08 Å². The number of cyclic esters (lactones) is 1. The van der Waals surface area contributed by atoms with Crippen molar-refractivity contribution in [1.29, 1.82) is 0 Å². The van der Waals surface area contributed by atoms with Gasteiger partial charge in [-0.2, -0.15) is 13.2 Å². The van der Waals surface area contributed by atoms with Crippen LogP contribution in [0, 0.1) is 17.3 Å². The Morgan fingerprint density at radius 1 is 1.26 bits per heavy atom. The summed E-state index contributed by atoms with van der Waals surface area (Å²) in [6.07, 6.45) is -4.45. The third-order valence-electron chi connectivity index (χ3n) is 6.87. The number of aliphatic hydroxyl groups excluding tert-OH is 3. The highest BCUT2D eigenvalue weighted by atomic mass is 32.1. The first-order chi connectivity index (χ1) is 17.6. The van der Waals surface area contributed by atoms with Crippen LogP contribution < -0.4 is 0 Å². The average Bonchev–Trinajstić information content (AvgIpc) is 3.29. The van der Waals surface area contributed by atoms with E-state index in [1.54, 1.807) is 25.3 Å². The molecule has 0 radical (unpaired) electrons. The average molecular weight is 560 g/mol. The largest absolute Gasteiger partial charge is 0.457 e. The minimum atomic E-state index is -4.64. The fourth-order valence-corrected chi connectivity index (χ4v) is 4.80. The van der Waals surface area contributed by atoms with E-state index in [0.29, 0.717) is 16.3 Å². The molecule has 0 aliphatic carbocycles. The summed E-state index contributed by atoms with van der Waals surface area (Å²) < 4.78 is 46.8. The second-order valence-electron chi connectivity index (χ2n) is 10.2. The quantitative estimate of drug-likeness (QED) is 0.361. The summed E-state index contributed by atoms with van der Waals surface area (Å²) in [5.74, 6) is -2.94. The summed E-state index contributed by atoms with van der Waals surface area (Å²) in [5.41, 5.74) is -1.38. The van der Waals surface area contributed by atoms with Crippen molar-refractivity contribution in [2.75, 3.05) is 0 Å². The molecule has 11 heteroatoms. The van der Waals surface area contributed by atoms with Crippen LogP contribution in [0.5, 0.6) is 0 Å². The van der Waals surface area contributed by atoms with Crippen molar-refractivity contribution in [2.24, 2.45) is 17.3 Å². The number of hydrogen-bond acceptors (Lipinski definition) is 8. The number of ketones is 1. The molecule has 38 heavy (non-hydrogen) atoms. The van der Waals surface area contributed by atoms with Crippen LogP contribution >= 0.6 is 11.3 Å². The van der Waals surface area contributed by atoms with Crippen molar-refractivity contribution in [1.82, 2.24) is 4.98 Å². The molecule has 7 nitrogen and oxygen atoms in total. The second-order valence-corrected chi connectivity index (χ2v) is 11.2. The van der Waals surface area contributed by atoms with Crippen molar-refractivity contribution in [3.8, 4) is 0 Å². The summed E-state index contributed by atoms with van der Waals surface area (Å²) >= 11 is 1.21. The maximum Gasteiger partial charge on any atom is 0.412 e. The van der Waals surface area contributed by atoms with E-state index < -0.39 is 71.9 Å². The van der Waals surface area contributed by atoms with Crippen LogP contribution in [0.3, 0.4) is 0 Å². The van der Waals surface area contributed by atoms with E-state index >= 15 is 0 Å². The molecule has 0 unspecified atom stereocenters. The molecular weight excluding hydrogens is 523 g/mol.